The Bertz CT molecular complexity index is 456. The molecule has 0 fully saturated rings. The van der Waals surface area contributed by atoms with Gasteiger partial charge in [0, 0.05) is 24.1 Å². The van der Waals surface area contributed by atoms with Crippen LogP contribution in [0.5, 0.6) is 0 Å². The van der Waals surface area contributed by atoms with Gasteiger partial charge in [0.15, 0.2) is 5.69 Å². The molecule has 0 aromatic carbocycles. The van der Waals surface area contributed by atoms with Crippen LogP contribution < -0.4 is 5.32 Å². The third-order valence-electron chi connectivity index (χ3n) is 4.20. The van der Waals surface area contributed by atoms with E-state index in [4.69, 9.17) is 4.52 Å². The van der Waals surface area contributed by atoms with Crippen LogP contribution in [0.2, 0.25) is 0 Å². The first kappa shape index (κ1) is 17.7. The smallest absolute Gasteiger partial charge is 0.274 e. The second-order valence-corrected chi connectivity index (χ2v) is 5.77. The Balaban J connectivity index is 2.62. The average molecular weight is 295 g/mol. The summed E-state index contributed by atoms with van der Waals surface area (Å²) >= 11 is 0. The summed E-state index contributed by atoms with van der Waals surface area (Å²) in [6, 6.07) is 0.332. The second-order valence-electron chi connectivity index (χ2n) is 5.77. The van der Waals surface area contributed by atoms with Gasteiger partial charge in [0.25, 0.3) is 5.91 Å². The van der Waals surface area contributed by atoms with Gasteiger partial charge < -0.3 is 14.7 Å². The molecule has 1 heterocycles. The van der Waals surface area contributed by atoms with Gasteiger partial charge in [-0.15, -0.1) is 0 Å². The number of hydrogen-bond donors (Lipinski definition) is 1. The third kappa shape index (κ3) is 4.56. The van der Waals surface area contributed by atoms with E-state index in [2.05, 4.69) is 36.3 Å². The molecule has 5 heteroatoms. The fourth-order valence-corrected chi connectivity index (χ4v) is 2.30. The Kier molecular flexibility index (Phi) is 6.89. The number of aryl methyl sites for hydroxylation is 1. The van der Waals surface area contributed by atoms with Crippen molar-refractivity contribution in [2.75, 3.05) is 13.6 Å². The summed E-state index contributed by atoms with van der Waals surface area (Å²) < 4.78 is 5.19. The SMILES string of the molecule is CCCCN(C)C(C)C(C)NC(=O)c1noc(CC)c1C. The zero-order valence-electron chi connectivity index (χ0n) is 14.2. The number of carbonyl (C=O) groups is 1. The maximum absolute atomic E-state index is 12.3. The third-order valence-corrected chi connectivity index (χ3v) is 4.20. The highest BCUT2D eigenvalue weighted by Gasteiger charge is 2.23. The van der Waals surface area contributed by atoms with Gasteiger partial charge >= 0.3 is 0 Å². The highest BCUT2D eigenvalue weighted by atomic mass is 16.5. The lowest BCUT2D eigenvalue weighted by Gasteiger charge is -2.30. The molecule has 120 valence electrons. The van der Waals surface area contributed by atoms with E-state index in [0.29, 0.717) is 5.69 Å². The average Bonchev–Trinajstić information content (AvgIpc) is 2.84. The Morgan fingerprint density at radius 1 is 1.38 bits per heavy atom. The van der Waals surface area contributed by atoms with E-state index in [1.807, 2.05) is 20.8 Å². The molecule has 2 unspecified atom stereocenters. The molecule has 1 aromatic rings. The van der Waals surface area contributed by atoms with Crippen molar-refractivity contribution in [1.29, 1.82) is 0 Å². The van der Waals surface area contributed by atoms with Gasteiger partial charge in [-0.3, -0.25) is 4.79 Å². The van der Waals surface area contributed by atoms with Crippen LogP contribution >= 0.6 is 0 Å². The first-order valence-corrected chi connectivity index (χ1v) is 7.88. The number of rotatable bonds is 8. The van der Waals surface area contributed by atoms with E-state index in [0.717, 1.165) is 24.3 Å². The van der Waals surface area contributed by atoms with E-state index in [-0.39, 0.29) is 18.0 Å². The summed E-state index contributed by atoms with van der Waals surface area (Å²) in [5.74, 6) is 0.625. The highest BCUT2D eigenvalue weighted by Crippen LogP contribution is 2.14. The van der Waals surface area contributed by atoms with Crippen LogP contribution in [0.4, 0.5) is 0 Å². The highest BCUT2D eigenvalue weighted by molar-refractivity contribution is 5.93. The molecule has 0 bridgehead atoms. The van der Waals surface area contributed by atoms with Gasteiger partial charge in [0.05, 0.1) is 0 Å². The predicted molar refractivity (Wildman–Crippen MR) is 84.5 cm³/mol. The quantitative estimate of drug-likeness (QED) is 0.801. The molecule has 0 spiro atoms. The Morgan fingerprint density at radius 2 is 2.05 bits per heavy atom. The molecule has 0 aliphatic carbocycles. The second kappa shape index (κ2) is 8.17. The minimum atomic E-state index is -0.154. The summed E-state index contributed by atoms with van der Waals surface area (Å²) in [4.78, 5) is 14.6. The van der Waals surface area contributed by atoms with Crippen LogP contribution in [0.1, 0.15) is 62.3 Å². The lowest BCUT2D eigenvalue weighted by Crippen LogP contribution is -2.47. The van der Waals surface area contributed by atoms with Crippen LogP contribution in [0, 0.1) is 6.92 Å². The van der Waals surface area contributed by atoms with Crippen LogP contribution in [-0.4, -0.2) is 41.6 Å². The van der Waals surface area contributed by atoms with Crippen molar-refractivity contribution < 1.29 is 9.32 Å². The van der Waals surface area contributed by atoms with Crippen LogP contribution in [-0.2, 0) is 6.42 Å². The van der Waals surface area contributed by atoms with Crippen LogP contribution in [0.25, 0.3) is 0 Å². The molecule has 2 atom stereocenters. The molecule has 1 amide bonds. The van der Waals surface area contributed by atoms with Crippen molar-refractivity contribution >= 4 is 5.91 Å². The molecule has 1 aromatic heterocycles. The number of hydrogen-bond acceptors (Lipinski definition) is 4. The summed E-state index contributed by atoms with van der Waals surface area (Å²) in [6.45, 7) is 11.3. The maximum Gasteiger partial charge on any atom is 0.274 e. The van der Waals surface area contributed by atoms with Crippen molar-refractivity contribution in [2.24, 2.45) is 0 Å². The molecular weight excluding hydrogens is 266 g/mol. The standard InChI is InChI=1S/C16H29N3O2/c1-7-9-10-19(6)13(5)12(4)17-16(20)15-11(3)14(8-2)21-18-15/h12-13H,7-10H2,1-6H3,(H,17,20). The largest absolute Gasteiger partial charge is 0.360 e. The number of likely N-dealkylation sites (N-methyl/N-ethyl adjacent to an activating group) is 1. The van der Waals surface area contributed by atoms with Crippen molar-refractivity contribution in [3.63, 3.8) is 0 Å². The van der Waals surface area contributed by atoms with E-state index in [1.165, 1.54) is 12.8 Å². The van der Waals surface area contributed by atoms with Crippen molar-refractivity contribution in [2.45, 2.75) is 66.0 Å². The first-order chi connectivity index (χ1) is 9.92. The normalized spacial score (nSPS) is 14.2. The summed E-state index contributed by atoms with van der Waals surface area (Å²) in [7, 11) is 2.10. The molecule has 5 nitrogen and oxygen atoms in total. The number of nitrogens with zero attached hydrogens (tertiary/aromatic N) is 2. The molecular formula is C16H29N3O2. The number of unbranched alkanes of at least 4 members (excludes halogenated alkanes) is 1. The van der Waals surface area contributed by atoms with E-state index in [9.17, 15) is 4.79 Å². The number of carbonyl (C=O) groups excluding carboxylic acids is 1. The van der Waals surface area contributed by atoms with Gasteiger partial charge in [0.2, 0.25) is 0 Å². The zero-order valence-corrected chi connectivity index (χ0v) is 14.2. The lowest BCUT2D eigenvalue weighted by atomic mass is 10.1. The number of amides is 1. The topological polar surface area (TPSA) is 58.4 Å². The van der Waals surface area contributed by atoms with Crippen LogP contribution in [0.3, 0.4) is 0 Å². The van der Waals surface area contributed by atoms with Crippen molar-refractivity contribution in [1.82, 2.24) is 15.4 Å². The van der Waals surface area contributed by atoms with E-state index < -0.39 is 0 Å². The Morgan fingerprint density at radius 3 is 2.57 bits per heavy atom. The zero-order chi connectivity index (χ0) is 16.0. The minimum Gasteiger partial charge on any atom is -0.360 e. The van der Waals surface area contributed by atoms with Crippen LogP contribution in [0.15, 0.2) is 4.52 Å². The molecule has 0 radical (unpaired) electrons. The molecule has 0 saturated heterocycles. The van der Waals surface area contributed by atoms with Gasteiger partial charge in [-0.2, -0.15) is 0 Å². The van der Waals surface area contributed by atoms with Crippen molar-refractivity contribution in [3.8, 4) is 0 Å². The Hall–Kier alpha value is -1.36. The summed E-state index contributed by atoms with van der Waals surface area (Å²) in [5.41, 5.74) is 1.25. The van der Waals surface area contributed by atoms with Gasteiger partial charge in [0.1, 0.15) is 5.76 Å². The number of aromatic nitrogens is 1. The molecule has 1 rings (SSSR count). The summed E-state index contributed by atoms with van der Waals surface area (Å²) in [6.07, 6.45) is 3.09. The molecule has 0 aliphatic rings. The summed E-state index contributed by atoms with van der Waals surface area (Å²) in [5, 5.41) is 6.92. The van der Waals surface area contributed by atoms with Gasteiger partial charge in [-0.25, -0.2) is 0 Å². The fourth-order valence-electron chi connectivity index (χ4n) is 2.30. The van der Waals surface area contributed by atoms with Gasteiger partial charge in [-0.1, -0.05) is 25.4 Å². The monoisotopic (exact) mass is 295 g/mol. The molecule has 1 N–H and O–H groups in total. The molecule has 0 saturated carbocycles. The minimum absolute atomic E-state index is 0.0560. The van der Waals surface area contributed by atoms with E-state index in [1.54, 1.807) is 0 Å². The molecule has 21 heavy (non-hydrogen) atoms. The number of nitrogens with one attached hydrogen (secondary N) is 1. The Labute approximate surface area is 128 Å². The predicted octanol–water partition coefficient (Wildman–Crippen LogP) is 2.78. The fraction of sp³-hybridized carbons (Fsp3) is 0.750. The van der Waals surface area contributed by atoms with Gasteiger partial charge in [-0.05, 0) is 40.8 Å². The maximum atomic E-state index is 12.3. The lowest BCUT2D eigenvalue weighted by molar-refractivity contribution is 0.0903. The van der Waals surface area contributed by atoms with E-state index >= 15 is 0 Å². The van der Waals surface area contributed by atoms with Crippen molar-refractivity contribution in [3.05, 3.63) is 17.0 Å². The first-order valence-electron chi connectivity index (χ1n) is 7.88. The molecule has 0 aliphatic heterocycles.